The Balaban J connectivity index is 1.59. The van der Waals surface area contributed by atoms with E-state index in [4.69, 9.17) is 4.74 Å². The maximum absolute atomic E-state index is 11.8. The van der Waals surface area contributed by atoms with Crippen LogP contribution in [0.5, 0.6) is 0 Å². The summed E-state index contributed by atoms with van der Waals surface area (Å²) in [6.45, 7) is 3.54. The zero-order valence-electron chi connectivity index (χ0n) is 9.84. The average Bonchev–Trinajstić information content (AvgIpc) is 2.83. The van der Waals surface area contributed by atoms with Crippen LogP contribution < -0.4 is 10.6 Å². The number of carbonyl (C=O) groups is 1. The van der Waals surface area contributed by atoms with E-state index >= 15 is 0 Å². The molecule has 2 saturated heterocycles. The van der Waals surface area contributed by atoms with Crippen LogP contribution in [0.2, 0.25) is 0 Å². The van der Waals surface area contributed by atoms with Crippen molar-refractivity contribution in [1.29, 1.82) is 0 Å². The molecule has 4 nitrogen and oxygen atoms in total. The number of amides is 1. The van der Waals surface area contributed by atoms with Crippen LogP contribution in [0.4, 0.5) is 0 Å². The first-order valence-electron chi connectivity index (χ1n) is 6.45. The standard InChI is InChI=1S/C12H22N2O2/c15-12(11-3-1-2-6-13-11)14-7-4-10-5-8-16-9-10/h10-11,13H,1-9H2,(H,14,15). The van der Waals surface area contributed by atoms with Gasteiger partial charge < -0.3 is 15.4 Å². The van der Waals surface area contributed by atoms with Crippen LogP contribution in [0, 0.1) is 5.92 Å². The molecule has 0 aliphatic carbocycles. The molecule has 0 saturated carbocycles. The number of ether oxygens (including phenoxy) is 1. The van der Waals surface area contributed by atoms with Crippen LogP contribution >= 0.6 is 0 Å². The van der Waals surface area contributed by atoms with Crippen molar-refractivity contribution in [3.63, 3.8) is 0 Å². The third kappa shape index (κ3) is 3.46. The summed E-state index contributed by atoms with van der Waals surface area (Å²) >= 11 is 0. The Kier molecular flexibility index (Phi) is 4.60. The van der Waals surface area contributed by atoms with Gasteiger partial charge in [0.2, 0.25) is 5.91 Å². The van der Waals surface area contributed by atoms with Crippen LogP contribution in [0.15, 0.2) is 0 Å². The highest BCUT2D eigenvalue weighted by atomic mass is 16.5. The number of carbonyl (C=O) groups excluding carboxylic acids is 1. The molecule has 92 valence electrons. The van der Waals surface area contributed by atoms with E-state index in [0.717, 1.165) is 45.6 Å². The Labute approximate surface area is 97.1 Å². The van der Waals surface area contributed by atoms with Gasteiger partial charge in [-0.1, -0.05) is 6.42 Å². The molecule has 2 heterocycles. The van der Waals surface area contributed by atoms with Gasteiger partial charge in [0, 0.05) is 19.8 Å². The Morgan fingerprint density at radius 3 is 3.00 bits per heavy atom. The second kappa shape index (κ2) is 6.21. The largest absolute Gasteiger partial charge is 0.381 e. The van der Waals surface area contributed by atoms with Crippen molar-refractivity contribution in [3.05, 3.63) is 0 Å². The fourth-order valence-electron chi connectivity index (χ4n) is 2.41. The van der Waals surface area contributed by atoms with Gasteiger partial charge >= 0.3 is 0 Å². The number of piperidine rings is 1. The molecule has 0 aromatic rings. The lowest BCUT2D eigenvalue weighted by Crippen LogP contribution is -2.46. The zero-order valence-corrected chi connectivity index (χ0v) is 9.84. The van der Waals surface area contributed by atoms with Crippen molar-refractivity contribution in [1.82, 2.24) is 10.6 Å². The Hall–Kier alpha value is -0.610. The van der Waals surface area contributed by atoms with Crippen LogP contribution in [0.25, 0.3) is 0 Å². The first-order chi connectivity index (χ1) is 7.86. The van der Waals surface area contributed by atoms with Crippen molar-refractivity contribution >= 4 is 5.91 Å². The van der Waals surface area contributed by atoms with Crippen molar-refractivity contribution < 1.29 is 9.53 Å². The molecule has 0 spiro atoms. The molecule has 0 radical (unpaired) electrons. The molecule has 2 N–H and O–H groups in total. The fourth-order valence-corrected chi connectivity index (χ4v) is 2.41. The Morgan fingerprint density at radius 1 is 1.38 bits per heavy atom. The molecule has 2 fully saturated rings. The molecular weight excluding hydrogens is 204 g/mol. The molecule has 2 rings (SSSR count). The summed E-state index contributed by atoms with van der Waals surface area (Å²) in [5, 5.41) is 6.28. The van der Waals surface area contributed by atoms with Crippen LogP contribution in [0.3, 0.4) is 0 Å². The molecule has 0 aromatic carbocycles. The SMILES string of the molecule is O=C(NCCC1CCOC1)C1CCCCN1. The van der Waals surface area contributed by atoms with Gasteiger partial charge in [0.15, 0.2) is 0 Å². The molecule has 0 bridgehead atoms. The smallest absolute Gasteiger partial charge is 0.237 e. The van der Waals surface area contributed by atoms with E-state index in [9.17, 15) is 4.79 Å². The molecule has 0 aromatic heterocycles. The fraction of sp³-hybridized carbons (Fsp3) is 0.917. The van der Waals surface area contributed by atoms with E-state index in [0.29, 0.717) is 5.92 Å². The van der Waals surface area contributed by atoms with Gasteiger partial charge in [-0.15, -0.1) is 0 Å². The minimum atomic E-state index is 0.0496. The molecular formula is C12H22N2O2. The first-order valence-corrected chi connectivity index (χ1v) is 6.45. The quantitative estimate of drug-likeness (QED) is 0.741. The lowest BCUT2D eigenvalue weighted by molar-refractivity contribution is -0.123. The summed E-state index contributed by atoms with van der Waals surface area (Å²) in [6, 6.07) is 0.0496. The Bertz CT molecular complexity index is 221. The van der Waals surface area contributed by atoms with Gasteiger partial charge in [0.05, 0.1) is 6.04 Å². The lowest BCUT2D eigenvalue weighted by atomic mass is 10.0. The topological polar surface area (TPSA) is 50.4 Å². The molecule has 4 heteroatoms. The lowest BCUT2D eigenvalue weighted by Gasteiger charge is -2.22. The molecule has 2 aliphatic rings. The summed E-state index contributed by atoms with van der Waals surface area (Å²) < 4.78 is 5.31. The van der Waals surface area contributed by atoms with Crippen molar-refractivity contribution in [2.75, 3.05) is 26.3 Å². The molecule has 2 aliphatic heterocycles. The number of hydrogen-bond donors (Lipinski definition) is 2. The third-order valence-corrected chi connectivity index (χ3v) is 3.50. The summed E-state index contributed by atoms with van der Waals surface area (Å²) in [6.07, 6.45) is 5.55. The maximum Gasteiger partial charge on any atom is 0.237 e. The zero-order chi connectivity index (χ0) is 11.2. The van der Waals surface area contributed by atoms with E-state index in [1.807, 2.05) is 0 Å². The van der Waals surface area contributed by atoms with Gasteiger partial charge in [-0.2, -0.15) is 0 Å². The Morgan fingerprint density at radius 2 is 2.31 bits per heavy atom. The normalized spacial score (nSPS) is 30.2. The summed E-state index contributed by atoms with van der Waals surface area (Å²) in [7, 11) is 0. The van der Waals surface area contributed by atoms with Gasteiger partial charge in [-0.25, -0.2) is 0 Å². The molecule has 2 unspecified atom stereocenters. The average molecular weight is 226 g/mol. The second-order valence-corrected chi connectivity index (χ2v) is 4.81. The second-order valence-electron chi connectivity index (χ2n) is 4.81. The number of nitrogens with one attached hydrogen (secondary N) is 2. The number of hydrogen-bond acceptors (Lipinski definition) is 3. The maximum atomic E-state index is 11.8. The van der Waals surface area contributed by atoms with Gasteiger partial charge in [0.25, 0.3) is 0 Å². The van der Waals surface area contributed by atoms with E-state index in [2.05, 4.69) is 10.6 Å². The molecule has 16 heavy (non-hydrogen) atoms. The van der Waals surface area contributed by atoms with E-state index < -0.39 is 0 Å². The van der Waals surface area contributed by atoms with E-state index in [-0.39, 0.29) is 11.9 Å². The monoisotopic (exact) mass is 226 g/mol. The van der Waals surface area contributed by atoms with Crippen LogP contribution in [0.1, 0.15) is 32.1 Å². The number of rotatable bonds is 4. The van der Waals surface area contributed by atoms with Crippen LogP contribution in [-0.4, -0.2) is 38.3 Å². The minimum Gasteiger partial charge on any atom is -0.381 e. The first kappa shape index (κ1) is 11.9. The minimum absolute atomic E-state index is 0.0496. The van der Waals surface area contributed by atoms with Gasteiger partial charge in [-0.3, -0.25) is 4.79 Å². The summed E-state index contributed by atoms with van der Waals surface area (Å²) in [5.41, 5.74) is 0. The highest BCUT2D eigenvalue weighted by Crippen LogP contribution is 2.15. The van der Waals surface area contributed by atoms with Gasteiger partial charge in [0.1, 0.15) is 0 Å². The molecule has 1 amide bonds. The summed E-state index contributed by atoms with van der Waals surface area (Å²) in [5.74, 6) is 0.832. The highest BCUT2D eigenvalue weighted by Gasteiger charge is 2.20. The van der Waals surface area contributed by atoms with Crippen molar-refractivity contribution in [3.8, 4) is 0 Å². The predicted molar refractivity (Wildman–Crippen MR) is 62.2 cm³/mol. The van der Waals surface area contributed by atoms with Gasteiger partial charge in [-0.05, 0) is 38.1 Å². The summed E-state index contributed by atoms with van der Waals surface area (Å²) in [4.78, 5) is 11.8. The highest BCUT2D eigenvalue weighted by molar-refractivity contribution is 5.81. The molecule has 2 atom stereocenters. The third-order valence-electron chi connectivity index (χ3n) is 3.50. The van der Waals surface area contributed by atoms with Crippen LogP contribution in [-0.2, 0) is 9.53 Å². The van der Waals surface area contributed by atoms with Crippen molar-refractivity contribution in [2.24, 2.45) is 5.92 Å². The van der Waals surface area contributed by atoms with Crippen molar-refractivity contribution in [2.45, 2.75) is 38.1 Å². The van der Waals surface area contributed by atoms with E-state index in [1.165, 1.54) is 12.8 Å². The predicted octanol–water partition coefficient (Wildman–Crippen LogP) is 0.671. The van der Waals surface area contributed by atoms with E-state index in [1.54, 1.807) is 0 Å².